The van der Waals surface area contributed by atoms with Crippen molar-refractivity contribution in [3.8, 4) is 0 Å². The van der Waals surface area contributed by atoms with Gasteiger partial charge in [0.2, 0.25) is 0 Å². The molecule has 27 heavy (non-hydrogen) atoms. The van der Waals surface area contributed by atoms with Crippen molar-refractivity contribution < 1.29 is 4.79 Å². The first-order valence-electron chi connectivity index (χ1n) is 9.90. The van der Waals surface area contributed by atoms with Gasteiger partial charge in [0.1, 0.15) is 0 Å². The number of benzene rings is 2. The molecule has 1 N–H and O–H groups in total. The standard InChI is InChI=1S/C23H31N3O/c1-18-17-20(9-10-22(18)24-2)23(27)26-15-12-21(13-16-26)25(3)14-11-19-7-5-4-6-8-19/h4-10,17,21,24H,11-16H2,1-3H3. The van der Waals surface area contributed by atoms with Gasteiger partial charge in [-0.3, -0.25) is 4.79 Å². The van der Waals surface area contributed by atoms with E-state index in [1.165, 1.54) is 5.56 Å². The number of nitrogens with one attached hydrogen (secondary N) is 1. The van der Waals surface area contributed by atoms with E-state index in [4.69, 9.17) is 0 Å². The zero-order chi connectivity index (χ0) is 19.2. The maximum absolute atomic E-state index is 12.8. The molecule has 2 aromatic rings. The lowest BCUT2D eigenvalue weighted by Gasteiger charge is -2.37. The lowest BCUT2D eigenvalue weighted by molar-refractivity contribution is 0.0647. The van der Waals surface area contributed by atoms with Crippen LogP contribution < -0.4 is 5.32 Å². The quantitative estimate of drug-likeness (QED) is 0.845. The highest BCUT2D eigenvalue weighted by atomic mass is 16.2. The monoisotopic (exact) mass is 365 g/mol. The number of nitrogens with zero attached hydrogens (tertiary/aromatic N) is 2. The molecule has 4 heteroatoms. The molecule has 0 radical (unpaired) electrons. The molecule has 0 saturated carbocycles. The number of carbonyl (C=O) groups excluding carboxylic acids is 1. The van der Waals surface area contributed by atoms with Crippen LogP contribution in [0.15, 0.2) is 48.5 Å². The number of rotatable bonds is 6. The summed E-state index contributed by atoms with van der Waals surface area (Å²) in [6.45, 7) is 4.78. The van der Waals surface area contributed by atoms with E-state index in [2.05, 4.69) is 47.6 Å². The number of hydrogen-bond donors (Lipinski definition) is 1. The first kappa shape index (κ1) is 19.4. The highest BCUT2D eigenvalue weighted by Crippen LogP contribution is 2.21. The van der Waals surface area contributed by atoms with Crippen molar-refractivity contribution in [2.45, 2.75) is 32.2 Å². The van der Waals surface area contributed by atoms with Gasteiger partial charge in [-0.1, -0.05) is 30.3 Å². The summed E-state index contributed by atoms with van der Waals surface area (Å²) in [6.07, 6.45) is 3.17. The molecule has 144 valence electrons. The molecule has 1 aliphatic rings. The first-order valence-corrected chi connectivity index (χ1v) is 9.90. The maximum atomic E-state index is 12.8. The average molecular weight is 366 g/mol. The third-order valence-electron chi connectivity index (χ3n) is 5.71. The van der Waals surface area contributed by atoms with Crippen LogP contribution in [-0.4, -0.2) is 55.5 Å². The average Bonchev–Trinajstić information content (AvgIpc) is 2.72. The van der Waals surface area contributed by atoms with Gasteiger partial charge in [-0.25, -0.2) is 0 Å². The fraction of sp³-hybridized carbons (Fsp3) is 0.435. The number of anilines is 1. The van der Waals surface area contributed by atoms with Crippen LogP contribution in [0.5, 0.6) is 0 Å². The van der Waals surface area contributed by atoms with Gasteiger partial charge in [0.05, 0.1) is 0 Å². The fourth-order valence-corrected chi connectivity index (χ4v) is 3.90. The second-order valence-corrected chi connectivity index (χ2v) is 7.52. The molecular formula is C23H31N3O. The Bertz CT molecular complexity index is 751. The smallest absolute Gasteiger partial charge is 0.253 e. The molecule has 0 spiro atoms. The number of likely N-dealkylation sites (tertiary alicyclic amines) is 1. The van der Waals surface area contributed by atoms with Crippen molar-refractivity contribution in [3.05, 3.63) is 65.2 Å². The molecule has 1 aliphatic heterocycles. The Hall–Kier alpha value is -2.33. The molecule has 0 aromatic heterocycles. The van der Waals surface area contributed by atoms with E-state index < -0.39 is 0 Å². The van der Waals surface area contributed by atoms with Crippen molar-refractivity contribution >= 4 is 11.6 Å². The number of carbonyl (C=O) groups is 1. The molecule has 2 aromatic carbocycles. The predicted molar refractivity (Wildman–Crippen MR) is 112 cm³/mol. The highest BCUT2D eigenvalue weighted by molar-refractivity contribution is 5.95. The Morgan fingerprint density at radius 2 is 1.85 bits per heavy atom. The van der Waals surface area contributed by atoms with Crippen LogP contribution in [0.2, 0.25) is 0 Å². The van der Waals surface area contributed by atoms with E-state index >= 15 is 0 Å². The Balaban J connectivity index is 1.50. The largest absolute Gasteiger partial charge is 0.388 e. The molecule has 0 bridgehead atoms. The van der Waals surface area contributed by atoms with Crippen LogP contribution in [0, 0.1) is 6.92 Å². The van der Waals surface area contributed by atoms with E-state index in [-0.39, 0.29) is 5.91 Å². The normalized spacial score (nSPS) is 15.2. The van der Waals surface area contributed by atoms with Crippen molar-refractivity contribution in [1.29, 1.82) is 0 Å². The Morgan fingerprint density at radius 1 is 1.15 bits per heavy atom. The van der Waals surface area contributed by atoms with E-state index in [1.807, 2.05) is 37.1 Å². The fourth-order valence-electron chi connectivity index (χ4n) is 3.90. The zero-order valence-corrected chi connectivity index (χ0v) is 16.7. The highest BCUT2D eigenvalue weighted by Gasteiger charge is 2.25. The molecule has 0 aliphatic carbocycles. The van der Waals surface area contributed by atoms with Gasteiger partial charge in [-0.05, 0) is 62.6 Å². The van der Waals surface area contributed by atoms with Gasteiger partial charge in [-0.15, -0.1) is 0 Å². The van der Waals surface area contributed by atoms with Crippen LogP contribution >= 0.6 is 0 Å². The minimum atomic E-state index is 0.158. The summed E-state index contributed by atoms with van der Waals surface area (Å²) in [4.78, 5) is 17.3. The topological polar surface area (TPSA) is 35.6 Å². The number of likely N-dealkylation sites (N-methyl/N-ethyl adjacent to an activating group) is 1. The van der Waals surface area contributed by atoms with E-state index in [0.29, 0.717) is 6.04 Å². The lowest BCUT2D eigenvalue weighted by atomic mass is 10.0. The van der Waals surface area contributed by atoms with E-state index in [0.717, 1.165) is 55.7 Å². The van der Waals surface area contributed by atoms with Crippen LogP contribution in [0.25, 0.3) is 0 Å². The summed E-state index contributed by atoms with van der Waals surface area (Å²) in [5.74, 6) is 0.158. The van der Waals surface area contributed by atoms with Crippen molar-refractivity contribution in [3.63, 3.8) is 0 Å². The van der Waals surface area contributed by atoms with Gasteiger partial charge >= 0.3 is 0 Å². The molecule has 0 atom stereocenters. The molecule has 3 rings (SSSR count). The molecule has 1 fully saturated rings. The van der Waals surface area contributed by atoms with Crippen LogP contribution in [0.3, 0.4) is 0 Å². The number of amides is 1. The van der Waals surface area contributed by atoms with E-state index in [1.54, 1.807) is 0 Å². The Kier molecular flexibility index (Phi) is 6.51. The van der Waals surface area contributed by atoms with Gasteiger partial charge in [0.15, 0.2) is 0 Å². The molecule has 1 amide bonds. The van der Waals surface area contributed by atoms with Crippen LogP contribution in [0.1, 0.15) is 34.3 Å². The van der Waals surface area contributed by atoms with Gasteiger partial charge in [0, 0.05) is 44.0 Å². The molecular weight excluding hydrogens is 334 g/mol. The minimum Gasteiger partial charge on any atom is -0.388 e. The van der Waals surface area contributed by atoms with Gasteiger partial charge < -0.3 is 15.1 Å². The van der Waals surface area contributed by atoms with Gasteiger partial charge in [0.25, 0.3) is 5.91 Å². The summed E-state index contributed by atoms with van der Waals surface area (Å²) in [5.41, 5.74) is 4.36. The first-order chi connectivity index (χ1) is 13.1. The van der Waals surface area contributed by atoms with Crippen molar-refractivity contribution in [1.82, 2.24) is 9.80 Å². The Labute approximate surface area is 163 Å². The summed E-state index contributed by atoms with van der Waals surface area (Å²) in [6, 6.07) is 17.1. The van der Waals surface area contributed by atoms with Crippen molar-refractivity contribution in [2.24, 2.45) is 0 Å². The molecule has 0 unspecified atom stereocenters. The number of hydrogen-bond acceptors (Lipinski definition) is 3. The lowest BCUT2D eigenvalue weighted by Crippen LogP contribution is -2.46. The summed E-state index contributed by atoms with van der Waals surface area (Å²) < 4.78 is 0. The number of aryl methyl sites for hydroxylation is 1. The second kappa shape index (κ2) is 9.05. The van der Waals surface area contributed by atoms with Crippen molar-refractivity contribution in [2.75, 3.05) is 39.0 Å². The zero-order valence-electron chi connectivity index (χ0n) is 16.7. The maximum Gasteiger partial charge on any atom is 0.253 e. The summed E-state index contributed by atoms with van der Waals surface area (Å²) in [5, 5.41) is 3.15. The molecule has 4 nitrogen and oxygen atoms in total. The third-order valence-corrected chi connectivity index (χ3v) is 5.71. The molecule has 1 heterocycles. The third kappa shape index (κ3) is 4.89. The van der Waals surface area contributed by atoms with E-state index in [9.17, 15) is 4.79 Å². The van der Waals surface area contributed by atoms with Crippen LogP contribution in [0.4, 0.5) is 5.69 Å². The summed E-state index contributed by atoms with van der Waals surface area (Å²) >= 11 is 0. The summed E-state index contributed by atoms with van der Waals surface area (Å²) in [7, 11) is 4.12. The molecule has 1 saturated heterocycles. The second-order valence-electron chi connectivity index (χ2n) is 7.52. The van der Waals surface area contributed by atoms with Crippen LogP contribution in [-0.2, 0) is 6.42 Å². The minimum absolute atomic E-state index is 0.158. The Morgan fingerprint density at radius 3 is 2.48 bits per heavy atom. The number of piperidine rings is 1. The predicted octanol–water partition coefficient (Wildman–Crippen LogP) is 3.82. The SMILES string of the molecule is CNc1ccc(C(=O)N2CCC(N(C)CCc3ccccc3)CC2)cc1C. The van der Waals surface area contributed by atoms with Gasteiger partial charge in [-0.2, -0.15) is 0 Å².